The van der Waals surface area contributed by atoms with Crippen molar-refractivity contribution in [3.63, 3.8) is 0 Å². The lowest BCUT2D eigenvalue weighted by molar-refractivity contribution is -0.114. The van der Waals surface area contributed by atoms with Crippen LogP contribution in [0.3, 0.4) is 0 Å². The molecule has 0 rings (SSSR count). The Morgan fingerprint density at radius 2 is 2.12 bits per heavy atom. The summed E-state index contributed by atoms with van der Waals surface area (Å²) in [5.74, 6) is -0.374. The first-order valence-corrected chi connectivity index (χ1v) is 2.78. The number of carbonyl (C=O) groups is 1. The Kier molecular flexibility index (Phi) is 2.51. The van der Waals surface area contributed by atoms with Crippen LogP contribution in [0, 0.1) is 0 Å². The molecule has 0 saturated heterocycles. The van der Waals surface area contributed by atoms with Gasteiger partial charge < -0.3 is 0 Å². The summed E-state index contributed by atoms with van der Waals surface area (Å²) in [4.78, 5) is 10.5. The third kappa shape index (κ3) is 2.34. The van der Waals surface area contributed by atoms with Crippen molar-refractivity contribution in [1.29, 1.82) is 0 Å². The van der Waals surface area contributed by atoms with Crippen LogP contribution < -0.4 is 0 Å². The molecule has 1 nitrogen and oxygen atoms in total. The lowest BCUT2D eigenvalue weighted by Crippen LogP contribution is -2.18. The highest BCUT2D eigenvalue weighted by atomic mass is 35.5. The first kappa shape index (κ1) is 7.99. The maximum absolute atomic E-state index is 10.5. The van der Waals surface area contributed by atoms with E-state index in [-0.39, 0.29) is 5.78 Å². The Morgan fingerprint density at radius 1 is 1.75 bits per heavy atom. The van der Waals surface area contributed by atoms with Crippen LogP contribution in [0.5, 0.6) is 0 Å². The van der Waals surface area contributed by atoms with Gasteiger partial charge in [0.25, 0.3) is 0 Å². The van der Waals surface area contributed by atoms with Gasteiger partial charge in [-0.15, -0.1) is 0 Å². The molecule has 0 bridgehead atoms. The topological polar surface area (TPSA) is 17.1 Å². The van der Waals surface area contributed by atoms with E-state index in [2.05, 4.69) is 6.58 Å². The molecule has 0 spiro atoms. The average molecular weight is 153 g/mol. The number of carbonyl (C=O) groups excluding carboxylic acids is 1. The van der Waals surface area contributed by atoms with Crippen molar-refractivity contribution in [2.75, 3.05) is 0 Å². The maximum atomic E-state index is 10.5. The average Bonchev–Trinajstić information content (AvgIpc) is 1.62. The highest BCUT2D eigenvalue weighted by Crippen LogP contribution is 2.20. The van der Waals surface area contributed by atoms with E-state index in [9.17, 15) is 4.79 Å². The fourth-order valence-corrected chi connectivity index (χ4v) is 0.334. The summed E-state index contributed by atoms with van der Waals surface area (Å²) in [5.41, 5.74) is 0. The Morgan fingerprint density at radius 3 is 2.12 bits per heavy atom. The molecule has 3 heteroatoms. The zero-order valence-electron chi connectivity index (χ0n) is 4.45. The molecule has 0 amide bonds. The van der Waals surface area contributed by atoms with Crippen molar-refractivity contribution >= 4 is 29.0 Å². The van der Waals surface area contributed by atoms with Gasteiger partial charge in [0.2, 0.25) is 0 Å². The van der Waals surface area contributed by atoms with E-state index in [0.717, 1.165) is 6.08 Å². The predicted octanol–water partition coefficient (Wildman–Crippen LogP) is 1.94. The highest BCUT2D eigenvalue weighted by Gasteiger charge is 2.23. The van der Waals surface area contributed by atoms with Gasteiger partial charge in [-0.1, -0.05) is 29.8 Å². The van der Waals surface area contributed by atoms with Crippen LogP contribution >= 0.6 is 23.2 Å². The molecule has 0 radical (unpaired) electrons. The van der Waals surface area contributed by atoms with Gasteiger partial charge in [-0.2, -0.15) is 0 Å². The Labute approximate surface area is 58.3 Å². The number of rotatable bonds is 2. The number of ketones is 1. The summed E-state index contributed by atoms with van der Waals surface area (Å²) in [6, 6.07) is 0. The summed E-state index contributed by atoms with van der Waals surface area (Å²) < 4.78 is -1.30. The molecule has 8 heavy (non-hydrogen) atoms. The fourth-order valence-electron chi connectivity index (χ4n) is 0.179. The third-order valence-corrected chi connectivity index (χ3v) is 0.991. The van der Waals surface area contributed by atoms with E-state index in [1.807, 2.05) is 0 Å². The molecular formula is C5H6Cl2O. The largest absolute Gasteiger partial charge is 0.291 e. The molecule has 0 aromatic heterocycles. The van der Waals surface area contributed by atoms with Crippen LogP contribution in [-0.2, 0) is 4.79 Å². The summed E-state index contributed by atoms with van der Waals surface area (Å²) >= 11 is 10.7. The van der Waals surface area contributed by atoms with E-state index in [1.54, 1.807) is 0 Å². The lowest BCUT2D eigenvalue weighted by atomic mass is 10.3. The Balaban J connectivity index is 4.02. The molecule has 0 unspecified atom stereocenters. The first-order valence-electron chi connectivity index (χ1n) is 2.03. The fraction of sp³-hybridized carbons (Fsp3) is 0.400. The van der Waals surface area contributed by atoms with Crippen LogP contribution in [0.25, 0.3) is 0 Å². The van der Waals surface area contributed by atoms with E-state index in [4.69, 9.17) is 23.2 Å². The molecule has 0 aliphatic heterocycles. The van der Waals surface area contributed by atoms with Crippen LogP contribution in [0.2, 0.25) is 0 Å². The van der Waals surface area contributed by atoms with Crippen molar-refractivity contribution in [1.82, 2.24) is 0 Å². The lowest BCUT2D eigenvalue weighted by Gasteiger charge is -2.05. The Hall–Kier alpha value is -0.0100. The van der Waals surface area contributed by atoms with Gasteiger partial charge in [0.1, 0.15) is 0 Å². The second-order valence-corrected chi connectivity index (χ2v) is 3.16. The van der Waals surface area contributed by atoms with Gasteiger partial charge in [0, 0.05) is 0 Å². The maximum Gasteiger partial charge on any atom is 0.190 e. The minimum atomic E-state index is -1.30. The molecule has 0 aromatic rings. The predicted molar refractivity (Wildman–Crippen MR) is 35.3 cm³/mol. The van der Waals surface area contributed by atoms with Gasteiger partial charge in [-0.3, -0.25) is 4.79 Å². The standard InChI is InChI=1S/C5H6Cl2O/c1-3-4(8)5(2,6)7/h3H,1H2,2H3. The number of hydrogen-bond donors (Lipinski definition) is 0. The number of alkyl halides is 2. The molecule has 0 saturated carbocycles. The second-order valence-electron chi connectivity index (χ2n) is 1.46. The molecule has 0 aromatic carbocycles. The summed E-state index contributed by atoms with van der Waals surface area (Å²) in [7, 11) is 0. The molecule has 0 N–H and O–H groups in total. The van der Waals surface area contributed by atoms with Gasteiger partial charge >= 0.3 is 0 Å². The smallest absolute Gasteiger partial charge is 0.190 e. The summed E-state index contributed by atoms with van der Waals surface area (Å²) in [6.07, 6.45) is 1.10. The highest BCUT2D eigenvalue weighted by molar-refractivity contribution is 6.59. The van der Waals surface area contributed by atoms with Gasteiger partial charge in [-0.05, 0) is 13.0 Å². The molecule has 0 aliphatic rings. The van der Waals surface area contributed by atoms with Crippen LogP contribution in [0.15, 0.2) is 12.7 Å². The second kappa shape index (κ2) is 2.51. The van der Waals surface area contributed by atoms with Crippen molar-refractivity contribution in [2.45, 2.75) is 11.3 Å². The van der Waals surface area contributed by atoms with Crippen LogP contribution in [-0.4, -0.2) is 10.1 Å². The molecule has 0 atom stereocenters. The molecular weight excluding hydrogens is 147 g/mol. The summed E-state index contributed by atoms with van der Waals surface area (Å²) in [5, 5.41) is 0. The molecule has 0 aliphatic carbocycles. The van der Waals surface area contributed by atoms with E-state index in [0.29, 0.717) is 0 Å². The van der Waals surface area contributed by atoms with Crippen molar-refractivity contribution in [3.05, 3.63) is 12.7 Å². The number of halogens is 2. The minimum absolute atomic E-state index is 0.374. The quantitative estimate of drug-likeness (QED) is 0.437. The SMILES string of the molecule is C=CC(=O)C(C)(Cl)Cl. The van der Waals surface area contributed by atoms with Gasteiger partial charge in [0.15, 0.2) is 10.1 Å². The molecule has 46 valence electrons. The minimum Gasteiger partial charge on any atom is -0.291 e. The van der Waals surface area contributed by atoms with Crippen LogP contribution in [0.4, 0.5) is 0 Å². The third-order valence-electron chi connectivity index (χ3n) is 0.618. The van der Waals surface area contributed by atoms with Crippen molar-refractivity contribution in [2.24, 2.45) is 0 Å². The number of hydrogen-bond acceptors (Lipinski definition) is 1. The van der Waals surface area contributed by atoms with E-state index < -0.39 is 4.33 Å². The number of allylic oxidation sites excluding steroid dienone is 1. The molecule has 0 fully saturated rings. The zero-order valence-corrected chi connectivity index (χ0v) is 5.96. The van der Waals surface area contributed by atoms with Crippen molar-refractivity contribution in [3.8, 4) is 0 Å². The normalized spacial score (nSPS) is 10.9. The summed E-state index contributed by atoms with van der Waals surface area (Å²) in [6.45, 7) is 4.61. The zero-order chi connectivity index (χ0) is 6.78. The van der Waals surface area contributed by atoms with Crippen molar-refractivity contribution < 1.29 is 4.79 Å². The van der Waals surface area contributed by atoms with E-state index >= 15 is 0 Å². The van der Waals surface area contributed by atoms with Crippen LogP contribution in [0.1, 0.15) is 6.92 Å². The monoisotopic (exact) mass is 152 g/mol. The van der Waals surface area contributed by atoms with E-state index in [1.165, 1.54) is 6.92 Å². The van der Waals surface area contributed by atoms with Gasteiger partial charge in [0.05, 0.1) is 0 Å². The molecule has 0 heterocycles. The Bertz CT molecular complexity index is 112. The van der Waals surface area contributed by atoms with Gasteiger partial charge in [-0.25, -0.2) is 0 Å². The first-order chi connectivity index (χ1) is 3.48.